The van der Waals surface area contributed by atoms with E-state index in [1.165, 1.54) is 0 Å². The summed E-state index contributed by atoms with van der Waals surface area (Å²) in [5.41, 5.74) is -0.682. The van der Waals surface area contributed by atoms with Crippen LogP contribution in [0.2, 0.25) is 0 Å². The van der Waals surface area contributed by atoms with E-state index in [-0.39, 0.29) is 5.69 Å². The molecule has 0 aliphatic rings. The minimum Gasteiger partial charge on any atom is -0.377 e. The number of nitrogens with one attached hydrogen (secondary N) is 1. The zero-order chi connectivity index (χ0) is 11.4. The maximum absolute atomic E-state index is 10.4. The first-order valence-electron chi connectivity index (χ1n) is 3.83. The molecule has 0 bridgehead atoms. The Morgan fingerprint density at radius 1 is 1.13 bits per heavy atom. The van der Waals surface area contributed by atoms with E-state index in [1.54, 1.807) is 0 Å². The van der Waals surface area contributed by atoms with Crippen molar-refractivity contribution in [3.8, 4) is 0 Å². The third-order valence-electron chi connectivity index (χ3n) is 1.61. The molecule has 0 saturated heterocycles. The van der Waals surface area contributed by atoms with Crippen LogP contribution in [0.25, 0.3) is 0 Å². The number of aliphatic hydroxyl groups is 1. The summed E-state index contributed by atoms with van der Waals surface area (Å²) in [6.45, 7) is -0.460. The van der Waals surface area contributed by atoms with E-state index >= 15 is 0 Å². The van der Waals surface area contributed by atoms with E-state index in [4.69, 9.17) is 5.11 Å². The van der Waals surface area contributed by atoms with Crippen LogP contribution in [-0.4, -0.2) is 21.7 Å². The van der Waals surface area contributed by atoms with Crippen molar-refractivity contribution in [3.05, 3.63) is 38.4 Å². The maximum atomic E-state index is 10.4. The third kappa shape index (κ3) is 2.61. The molecular formula is C7H7N3O5. The molecule has 2 N–H and O–H groups in total. The number of anilines is 1. The van der Waals surface area contributed by atoms with Crippen molar-refractivity contribution in [3.63, 3.8) is 0 Å². The first kappa shape index (κ1) is 10.9. The molecule has 0 heterocycles. The number of hydrogen-bond acceptors (Lipinski definition) is 6. The highest BCUT2D eigenvalue weighted by atomic mass is 16.6. The second-order valence-corrected chi connectivity index (χ2v) is 2.59. The fourth-order valence-corrected chi connectivity index (χ4v) is 0.999. The highest BCUT2D eigenvalue weighted by Gasteiger charge is 2.15. The average Bonchev–Trinajstić information content (AvgIpc) is 2.17. The SMILES string of the molecule is O=[N+]([O-])c1cc(NCO)cc([N+](=O)[O-])c1. The molecule has 0 radical (unpaired) electrons. The van der Waals surface area contributed by atoms with Gasteiger partial charge in [-0.15, -0.1) is 0 Å². The van der Waals surface area contributed by atoms with Gasteiger partial charge in [-0.3, -0.25) is 20.2 Å². The van der Waals surface area contributed by atoms with E-state index in [1.807, 2.05) is 0 Å². The minimum absolute atomic E-state index is 0.124. The minimum atomic E-state index is -0.741. The number of non-ortho nitro benzene ring substituents is 2. The van der Waals surface area contributed by atoms with Gasteiger partial charge in [0.2, 0.25) is 0 Å². The number of nitro groups is 2. The fourth-order valence-electron chi connectivity index (χ4n) is 0.999. The van der Waals surface area contributed by atoms with Crippen LogP contribution in [0.4, 0.5) is 17.1 Å². The second-order valence-electron chi connectivity index (χ2n) is 2.59. The van der Waals surface area contributed by atoms with Gasteiger partial charge < -0.3 is 10.4 Å². The molecular weight excluding hydrogens is 206 g/mol. The van der Waals surface area contributed by atoms with Crippen LogP contribution in [0.15, 0.2) is 18.2 Å². The number of nitro benzene ring substituents is 2. The van der Waals surface area contributed by atoms with E-state index in [9.17, 15) is 20.2 Å². The summed E-state index contributed by atoms with van der Waals surface area (Å²) in [6.07, 6.45) is 0. The summed E-state index contributed by atoms with van der Waals surface area (Å²) in [5, 5.41) is 31.7. The topological polar surface area (TPSA) is 119 Å². The lowest BCUT2D eigenvalue weighted by Crippen LogP contribution is -2.01. The number of hydrogen-bond donors (Lipinski definition) is 2. The van der Waals surface area contributed by atoms with Gasteiger partial charge in [0, 0.05) is 17.8 Å². The normalized spacial score (nSPS) is 9.67. The molecule has 8 heteroatoms. The van der Waals surface area contributed by atoms with E-state index in [0.29, 0.717) is 0 Å². The Morgan fingerprint density at radius 3 is 1.93 bits per heavy atom. The Balaban J connectivity index is 3.19. The molecule has 1 aromatic carbocycles. The summed E-state index contributed by atoms with van der Waals surface area (Å²) >= 11 is 0. The molecule has 0 fully saturated rings. The Hall–Kier alpha value is -2.22. The average molecular weight is 213 g/mol. The number of aliphatic hydroxyl groups excluding tert-OH is 1. The van der Waals surface area contributed by atoms with Crippen LogP contribution < -0.4 is 5.32 Å². The molecule has 0 spiro atoms. The van der Waals surface area contributed by atoms with Crippen molar-refractivity contribution in [1.82, 2.24) is 0 Å². The van der Waals surface area contributed by atoms with Gasteiger partial charge in [-0.25, -0.2) is 0 Å². The molecule has 0 unspecified atom stereocenters. The summed E-state index contributed by atoms with van der Waals surface area (Å²) in [7, 11) is 0. The van der Waals surface area contributed by atoms with Crippen LogP contribution in [0.3, 0.4) is 0 Å². The van der Waals surface area contributed by atoms with Crippen LogP contribution in [0, 0.1) is 20.2 Å². The lowest BCUT2D eigenvalue weighted by atomic mass is 10.2. The molecule has 0 aliphatic carbocycles. The molecule has 0 aromatic heterocycles. The van der Waals surface area contributed by atoms with Gasteiger partial charge in [-0.05, 0) is 0 Å². The van der Waals surface area contributed by atoms with Crippen LogP contribution in [0.5, 0.6) is 0 Å². The Bertz CT molecular complexity index is 373. The molecule has 15 heavy (non-hydrogen) atoms. The summed E-state index contributed by atoms with van der Waals surface area (Å²) in [6, 6.07) is 3.05. The van der Waals surface area contributed by atoms with Crippen molar-refractivity contribution in [2.75, 3.05) is 12.0 Å². The van der Waals surface area contributed by atoms with Gasteiger partial charge in [0.1, 0.15) is 6.73 Å². The van der Waals surface area contributed by atoms with Crippen molar-refractivity contribution < 1.29 is 15.0 Å². The summed E-state index contributed by atoms with van der Waals surface area (Å²) in [4.78, 5) is 19.4. The predicted molar refractivity (Wildman–Crippen MR) is 50.5 cm³/mol. The summed E-state index contributed by atoms with van der Waals surface area (Å²) < 4.78 is 0. The third-order valence-corrected chi connectivity index (χ3v) is 1.61. The van der Waals surface area contributed by atoms with Gasteiger partial charge in [-0.1, -0.05) is 0 Å². The lowest BCUT2D eigenvalue weighted by Gasteiger charge is -2.01. The Kier molecular flexibility index (Phi) is 3.13. The second kappa shape index (κ2) is 4.33. The molecule has 8 nitrogen and oxygen atoms in total. The standard InChI is InChI=1S/C7H7N3O5/c11-4-8-5-1-6(9(12)13)3-7(2-5)10(14)15/h1-3,8,11H,4H2. The van der Waals surface area contributed by atoms with Gasteiger partial charge >= 0.3 is 0 Å². The van der Waals surface area contributed by atoms with Gasteiger partial charge in [0.15, 0.2) is 0 Å². The van der Waals surface area contributed by atoms with Gasteiger partial charge in [0.25, 0.3) is 11.4 Å². The van der Waals surface area contributed by atoms with E-state index in [2.05, 4.69) is 5.32 Å². The zero-order valence-electron chi connectivity index (χ0n) is 7.41. The Labute approximate surface area is 83.4 Å². The van der Waals surface area contributed by atoms with Crippen LogP contribution >= 0.6 is 0 Å². The molecule has 1 aromatic rings. The zero-order valence-corrected chi connectivity index (χ0v) is 7.41. The number of rotatable bonds is 4. The van der Waals surface area contributed by atoms with Gasteiger partial charge in [0.05, 0.1) is 15.9 Å². The largest absolute Gasteiger partial charge is 0.377 e. The first-order chi connectivity index (χ1) is 7.04. The van der Waals surface area contributed by atoms with E-state index < -0.39 is 28.0 Å². The summed E-state index contributed by atoms with van der Waals surface area (Å²) in [5.74, 6) is 0. The molecule has 80 valence electrons. The molecule has 0 saturated carbocycles. The van der Waals surface area contributed by atoms with E-state index in [0.717, 1.165) is 18.2 Å². The predicted octanol–water partition coefficient (Wildman–Crippen LogP) is 0.865. The molecule has 0 amide bonds. The van der Waals surface area contributed by atoms with Crippen LogP contribution in [0.1, 0.15) is 0 Å². The monoisotopic (exact) mass is 213 g/mol. The fraction of sp³-hybridized carbons (Fsp3) is 0.143. The maximum Gasteiger partial charge on any atom is 0.278 e. The van der Waals surface area contributed by atoms with Crippen LogP contribution in [-0.2, 0) is 0 Å². The first-order valence-corrected chi connectivity index (χ1v) is 3.83. The Morgan fingerprint density at radius 2 is 1.60 bits per heavy atom. The van der Waals surface area contributed by atoms with Crippen molar-refractivity contribution in [2.24, 2.45) is 0 Å². The quantitative estimate of drug-likeness (QED) is 0.435. The van der Waals surface area contributed by atoms with Crippen molar-refractivity contribution >= 4 is 17.1 Å². The lowest BCUT2D eigenvalue weighted by molar-refractivity contribution is -0.394. The smallest absolute Gasteiger partial charge is 0.278 e. The highest BCUT2D eigenvalue weighted by molar-refractivity contribution is 5.58. The molecule has 1 rings (SSSR count). The highest BCUT2D eigenvalue weighted by Crippen LogP contribution is 2.25. The molecule has 0 aliphatic heterocycles. The van der Waals surface area contributed by atoms with Crippen molar-refractivity contribution in [2.45, 2.75) is 0 Å². The van der Waals surface area contributed by atoms with Gasteiger partial charge in [-0.2, -0.15) is 0 Å². The number of benzene rings is 1. The molecule has 0 atom stereocenters. The number of nitrogens with zero attached hydrogens (tertiary/aromatic N) is 2. The van der Waals surface area contributed by atoms with Crippen molar-refractivity contribution in [1.29, 1.82) is 0 Å².